The molecule has 0 saturated carbocycles. The quantitative estimate of drug-likeness (QED) is 0.299. The summed E-state index contributed by atoms with van der Waals surface area (Å²) >= 11 is 0. The van der Waals surface area contributed by atoms with Gasteiger partial charge in [-0.3, -0.25) is 14.8 Å². The van der Waals surface area contributed by atoms with Gasteiger partial charge in [-0.2, -0.15) is 13.2 Å². The van der Waals surface area contributed by atoms with E-state index in [4.69, 9.17) is 0 Å². The predicted molar refractivity (Wildman–Crippen MR) is 124 cm³/mol. The van der Waals surface area contributed by atoms with Gasteiger partial charge in [-0.05, 0) is 50.7 Å². The van der Waals surface area contributed by atoms with Gasteiger partial charge in [-0.25, -0.2) is 0 Å². The molecule has 2 saturated heterocycles. The number of nitrogens with one attached hydrogen (secondary N) is 2. The molecule has 0 aromatic heterocycles. The van der Waals surface area contributed by atoms with Gasteiger partial charge in [0.15, 0.2) is 5.96 Å². The molecule has 0 aromatic rings. The number of halogens is 4. The van der Waals surface area contributed by atoms with E-state index in [1.165, 1.54) is 30.6 Å². The Morgan fingerprint density at radius 2 is 1.72 bits per heavy atom. The van der Waals surface area contributed by atoms with Crippen LogP contribution >= 0.6 is 24.0 Å². The van der Waals surface area contributed by atoms with Gasteiger partial charge in [0.05, 0.1) is 6.54 Å². The van der Waals surface area contributed by atoms with Crippen LogP contribution in [0.5, 0.6) is 0 Å². The average molecular weight is 533 g/mol. The van der Waals surface area contributed by atoms with Crippen LogP contribution in [0.1, 0.15) is 46.0 Å². The molecule has 2 heterocycles. The molecule has 2 aliphatic rings. The van der Waals surface area contributed by atoms with Crippen molar-refractivity contribution in [3.63, 3.8) is 0 Å². The minimum atomic E-state index is -4.11. The highest BCUT2D eigenvalue weighted by atomic mass is 127. The zero-order valence-corrected chi connectivity index (χ0v) is 20.4. The number of guanidine groups is 1. The summed E-state index contributed by atoms with van der Waals surface area (Å²) in [7, 11) is 1.75. The summed E-state index contributed by atoms with van der Waals surface area (Å²) < 4.78 is 37.6. The van der Waals surface area contributed by atoms with Crippen molar-refractivity contribution in [1.82, 2.24) is 20.4 Å². The lowest BCUT2D eigenvalue weighted by atomic mass is 10.0. The molecule has 29 heavy (non-hydrogen) atoms. The van der Waals surface area contributed by atoms with E-state index in [-0.39, 0.29) is 29.9 Å². The molecule has 2 rings (SSSR count). The zero-order chi connectivity index (χ0) is 20.6. The number of alkyl halides is 3. The van der Waals surface area contributed by atoms with Gasteiger partial charge in [-0.15, -0.1) is 24.0 Å². The Balaban J connectivity index is 0.00000420. The van der Waals surface area contributed by atoms with E-state index in [0.29, 0.717) is 31.6 Å². The van der Waals surface area contributed by atoms with Crippen LogP contribution in [0.4, 0.5) is 13.2 Å². The zero-order valence-electron chi connectivity index (χ0n) is 18.1. The van der Waals surface area contributed by atoms with E-state index < -0.39 is 12.7 Å². The third kappa shape index (κ3) is 10.0. The molecule has 2 atom stereocenters. The summed E-state index contributed by atoms with van der Waals surface area (Å²) in [5.74, 6) is 1.52. The summed E-state index contributed by atoms with van der Waals surface area (Å²) in [6, 6.07) is 0.463. The molecule has 2 aliphatic heterocycles. The second-order valence-electron chi connectivity index (χ2n) is 8.60. The largest absolute Gasteiger partial charge is 0.401 e. The third-order valence-corrected chi connectivity index (χ3v) is 5.91. The lowest BCUT2D eigenvalue weighted by molar-refractivity contribution is -0.143. The highest BCUT2D eigenvalue weighted by Crippen LogP contribution is 2.22. The molecule has 0 aliphatic carbocycles. The number of hydrogen-bond donors (Lipinski definition) is 2. The van der Waals surface area contributed by atoms with Crippen molar-refractivity contribution in [2.24, 2.45) is 16.8 Å². The van der Waals surface area contributed by atoms with Crippen LogP contribution in [0.25, 0.3) is 0 Å². The van der Waals surface area contributed by atoms with Crippen molar-refractivity contribution in [2.45, 2.75) is 58.2 Å². The van der Waals surface area contributed by atoms with Crippen molar-refractivity contribution in [1.29, 1.82) is 0 Å². The Kier molecular flexibility index (Phi) is 12.2. The maximum absolute atomic E-state index is 12.5. The second kappa shape index (κ2) is 13.2. The summed E-state index contributed by atoms with van der Waals surface area (Å²) in [4.78, 5) is 8.40. The minimum absolute atomic E-state index is 0. The van der Waals surface area contributed by atoms with Crippen LogP contribution in [0, 0.1) is 11.8 Å². The molecule has 2 unspecified atom stereocenters. The molecule has 9 heteroatoms. The topological polar surface area (TPSA) is 42.9 Å². The molecular formula is C20H39F3IN5. The monoisotopic (exact) mass is 533 g/mol. The summed E-state index contributed by atoms with van der Waals surface area (Å²) in [6.07, 6.45) is 1.87. The van der Waals surface area contributed by atoms with Crippen LogP contribution in [0.2, 0.25) is 0 Å². The molecule has 0 amide bonds. The molecular weight excluding hydrogens is 494 g/mol. The van der Waals surface area contributed by atoms with Gasteiger partial charge >= 0.3 is 6.18 Å². The van der Waals surface area contributed by atoms with Crippen molar-refractivity contribution in [3.05, 3.63) is 0 Å². The fourth-order valence-electron chi connectivity index (χ4n) is 4.35. The first-order valence-corrected chi connectivity index (χ1v) is 10.8. The fraction of sp³-hybridized carbons (Fsp3) is 0.950. The Morgan fingerprint density at radius 1 is 1.07 bits per heavy atom. The standard InChI is InChI=1S/C20H38F3N5.HI/c1-16(2)18(28-9-6-4-5-7-10-28)13-26-19(24-3)25-12-17-8-11-27(14-17)15-20(21,22)23;/h16-18H,4-15H2,1-3H3,(H2,24,25,26);1H. The first-order valence-electron chi connectivity index (χ1n) is 10.8. The average Bonchev–Trinajstić information content (AvgIpc) is 2.88. The molecule has 2 fully saturated rings. The fourth-order valence-corrected chi connectivity index (χ4v) is 4.35. The number of likely N-dealkylation sites (tertiary alicyclic amines) is 2. The van der Waals surface area contributed by atoms with Crippen molar-refractivity contribution < 1.29 is 13.2 Å². The van der Waals surface area contributed by atoms with E-state index in [1.54, 1.807) is 7.05 Å². The maximum atomic E-state index is 12.5. The third-order valence-electron chi connectivity index (χ3n) is 5.91. The van der Waals surface area contributed by atoms with Gasteiger partial charge < -0.3 is 10.6 Å². The highest BCUT2D eigenvalue weighted by Gasteiger charge is 2.34. The van der Waals surface area contributed by atoms with Crippen molar-refractivity contribution >= 4 is 29.9 Å². The first-order chi connectivity index (χ1) is 13.3. The van der Waals surface area contributed by atoms with E-state index in [0.717, 1.165) is 32.0 Å². The van der Waals surface area contributed by atoms with E-state index in [1.807, 2.05) is 0 Å². The molecule has 0 radical (unpaired) electrons. The molecule has 172 valence electrons. The smallest absolute Gasteiger partial charge is 0.356 e. The van der Waals surface area contributed by atoms with Crippen LogP contribution in [-0.2, 0) is 0 Å². The minimum Gasteiger partial charge on any atom is -0.356 e. The highest BCUT2D eigenvalue weighted by molar-refractivity contribution is 14.0. The van der Waals surface area contributed by atoms with Gasteiger partial charge in [0, 0.05) is 32.7 Å². The van der Waals surface area contributed by atoms with Gasteiger partial charge in [0.1, 0.15) is 0 Å². The summed E-state index contributed by atoms with van der Waals surface area (Å²) in [6.45, 7) is 8.55. The van der Waals surface area contributed by atoms with E-state index >= 15 is 0 Å². The van der Waals surface area contributed by atoms with Crippen molar-refractivity contribution in [3.8, 4) is 0 Å². The number of rotatable bonds is 7. The van der Waals surface area contributed by atoms with Gasteiger partial charge in [0.2, 0.25) is 0 Å². The normalized spacial score (nSPS) is 23.6. The Bertz CT molecular complexity index is 479. The predicted octanol–water partition coefficient (Wildman–Crippen LogP) is 3.55. The van der Waals surface area contributed by atoms with Gasteiger partial charge in [-0.1, -0.05) is 26.7 Å². The number of hydrogen-bond acceptors (Lipinski definition) is 3. The number of aliphatic imine (C=N–C) groups is 1. The first kappa shape index (κ1) is 26.7. The summed E-state index contributed by atoms with van der Waals surface area (Å²) in [5.41, 5.74) is 0. The van der Waals surface area contributed by atoms with Crippen LogP contribution in [0.15, 0.2) is 4.99 Å². The summed E-state index contributed by atoms with van der Waals surface area (Å²) in [5, 5.41) is 6.76. The molecule has 0 bridgehead atoms. The van der Waals surface area contributed by atoms with Crippen molar-refractivity contribution in [2.75, 3.05) is 52.9 Å². The Morgan fingerprint density at radius 3 is 2.28 bits per heavy atom. The molecule has 0 spiro atoms. The molecule has 2 N–H and O–H groups in total. The van der Waals surface area contributed by atoms with Crippen LogP contribution in [0.3, 0.4) is 0 Å². The van der Waals surface area contributed by atoms with E-state index in [2.05, 4.69) is 34.4 Å². The second-order valence-corrected chi connectivity index (χ2v) is 8.60. The lowest BCUT2D eigenvalue weighted by Gasteiger charge is -2.34. The van der Waals surface area contributed by atoms with Crippen LogP contribution in [-0.4, -0.2) is 80.8 Å². The SMILES string of the molecule is CN=C(NCC1CCN(CC(F)(F)F)C1)NCC(C(C)C)N1CCCCCC1.I. The molecule has 5 nitrogen and oxygen atoms in total. The number of nitrogens with zero attached hydrogens (tertiary/aromatic N) is 3. The molecule has 0 aromatic carbocycles. The maximum Gasteiger partial charge on any atom is 0.401 e. The lowest BCUT2D eigenvalue weighted by Crippen LogP contribution is -2.50. The Hall–Kier alpha value is -0.290. The van der Waals surface area contributed by atoms with Gasteiger partial charge in [0.25, 0.3) is 0 Å². The Labute approximate surface area is 191 Å². The van der Waals surface area contributed by atoms with Crippen LogP contribution < -0.4 is 10.6 Å². The van der Waals surface area contributed by atoms with E-state index in [9.17, 15) is 13.2 Å².